The highest BCUT2D eigenvalue weighted by molar-refractivity contribution is 7.99. The fraction of sp³-hybridized carbons (Fsp3) is 0.700. The third kappa shape index (κ3) is 2.89. The van der Waals surface area contributed by atoms with Crippen LogP contribution in [0.2, 0.25) is 0 Å². The standard InChI is InChI=1S/C10H16N2S2/c11-10-12-6-9(14-10)7-13-8-4-2-1-3-5-8/h6,8H,1-5,7H2,(H2,11,12). The molecular formula is C10H16N2S2. The molecule has 2 N–H and O–H groups in total. The van der Waals surface area contributed by atoms with Crippen molar-refractivity contribution in [3.05, 3.63) is 11.1 Å². The number of anilines is 1. The van der Waals surface area contributed by atoms with E-state index in [1.54, 1.807) is 11.3 Å². The molecule has 1 heterocycles. The van der Waals surface area contributed by atoms with Gasteiger partial charge in [0.05, 0.1) is 0 Å². The van der Waals surface area contributed by atoms with Crippen LogP contribution in [-0.2, 0) is 5.75 Å². The molecule has 4 heteroatoms. The van der Waals surface area contributed by atoms with Gasteiger partial charge in [-0.2, -0.15) is 11.8 Å². The van der Waals surface area contributed by atoms with E-state index < -0.39 is 0 Å². The van der Waals surface area contributed by atoms with Crippen molar-refractivity contribution in [2.45, 2.75) is 43.1 Å². The molecule has 0 saturated heterocycles. The number of nitrogen functional groups attached to an aromatic ring is 1. The van der Waals surface area contributed by atoms with Crippen molar-refractivity contribution in [2.24, 2.45) is 0 Å². The highest BCUT2D eigenvalue weighted by atomic mass is 32.2. The first kappa shape index (κ1) is 10.3. The van der Waals surface area contributed by atoms with Crippen LogP contribution in [0.25, 0.3) is 0 Å². The molecule has 0 radical (unpaired) electrons. The van der Waals surface area contributed by atoms with Crippen molar-refractivity contribution in [3.63, 3.8) is 0 Å². The first-order chi connectivity index (χ1) is 6.84. The summed E-state index contributed by atoms with van der Waals surface area (Å²) in [5.41, 5.74) is 5.59. The summed E-state index contributed by atoms with van der Waals surface area (Å²) in [7, 11) is 0. The molecule has 0 atom stereocenters. The predicted octanol–water partition coefficient (Wildman–Crippen LogP) is 3.29. The lowest BCUT2D eigenvalue weighted by atomic mass is 10.0. The molecule has 0 aliphatic heterocycles. The maximum atomic E-state index is 5.59. The topological polar surface area (TPSA) is 38.9 Å². The van der Waals surface area contributed by atoms with E-state index in [-0.39, 0.29) is 0 Å². The van der Waals surface area contributed by atoms with E-state index in [1.165, 1.54) is 37.0 Å². The van der Waals surface area contributed by atoms with Gasteiger partial charge in [0.25, 0.3) is 0 Å². The van der Waals surface area contributed by atoms with Crippen molar-refractivity contribution in [2.75, 3.05) is 5.73 Å². The quantitative estimate of drug-likeness (QED) is 0.863. The molecule has 1 aliphatic rings. The summed E-state index contributed by atoms with van der Waals surface area (Å²) in [4.78, 5) is 5.38. The van der Waals surface area contributed by atoms with Crippen LogP contribution in [0.1, 0.15) is 37.0 Å². The molecule has 14 heavy (non-hydrogen) atoms. The minimum Gasteiger partial charge on any atom is -0.375 e. The van der Waals surface area contributed by atoms with Crippen LogP contribution in [0.3, 0.4) is 0 Å². The van der Waals surface area contributed by atoms with Crippen LogP contribution < -0.4 is 5.73 Å². The molecule has 1 aliphatic carbocycles. The van der Waals surface area contributed by atoms with Gasteiger partial charge in [0.15, 0.2) is 5.13 Å². The van der Waals surface area contributed by atoms with E-state index in [1.807, 2.05) is 6.20 Å². The zero-order chi connectivity index (χ0) is 9.80. The van der Waals surface area contributed by atoms with Crippen LogP contribution in [-0.4, -0.2) is 10.2 Å². The van der Waals surface area contributed by atoms with Gasteiger partial charge in [0, 0.05) is 22.1 Å². The van der Waals surface area contributed by atoms with Crippen molar-refractivity contribution in [3.8, 4) is 0 Å². The average Bonchev–Trinajstić information content (AvgIpc) is 2.63. The second-order valence-corrected chi connectivity index (χ2v) is 6.17. The van der Waals surface area contributed by atoms with Gasteiger partial charge in [-0.3, -0.25) is 0 Å². The highest BCUT2D eigenvalue weighted by Gasteiger charge is 2.13. The van der Waals surface area contributed by atoms with E-state index in [0.717, 1.165) is 11.0 Å². The Labute approximate surface area is 93.3 Å². The highest BCUT2D eigenvalue weighted by Crippen LogP contribution is 2.31. The van der Waals surface area contributed by atoms with Crippen LogP contribution >= 0.6 is 23.1 Å². The Balaban J connectivity index is 1.76. The largest absolute Gasteiger partial charge is 0.375 e. The van der Waals surface area contributed by atoms with Crippen molar-refractivity contribution < 1.29 is 0 Å². The third-order valence-electron chi connectivity index (χ3n) is 2.58. The van der Waals surface area contributed by atoms with E-state index in [2.05, 4.69) is 16.7 Å². The zero-order valence-electron chi connectivity index (χ0n) is 8.24. The fourth-order valence-corrected chi connectivity index (χ4v) is 3.88. The van der Waals surface area contributed by atoms with Gasteiger partial charge in [0.1, 0.15) is 0 Å². The minimum atomic E-state index is 0.698. The van der Waals surface area contributed by atoms with Gasteiger partial charge in [-0.1, -0.05) is 19.3 Å². The maximum Gasteiger partial charge on any atom is 0.180 e. The number of thioether (sulfide) groups is 1. The number of hydrogen-bond donors (Lipinski definition) is 1. The first-order valence-corrected chi connectivity index (χ1v) is 7.03. The SMILES string of the molecule is Nc1ncc(CSC2CCCCC2)s1. The number of nitrogens with two attached hydrogens (primary N) is 1. The molecule has 0 aromatic carbocycles. The molecular weight excluding hydrogens is 212 g/mol. The predicted molar refractivity (Wildman–Crippen MR) is 64.7 cm³/mol. The van der Waals surface area contributed by atoms with Gasteiger partial charge in [-0.25, -0.2) is 4.98 Å². The van der Waals surface area contributed by atoms with Gasteiger partial charge in [0.2, 0.25) is 0 Å². The van der Waals surface area contributed by atoms with E-state index in [9.17, 15) is 0 Å². The smallest absolute Gasteiger partial charge is 0.180 e. The van der Waals surface area contributed by atoms with Gasteiger partial charge in [-0.15, -0.1) is 11.3 Å². The summed E-state index contributed by atoms with van der Waals surface area (Å²) in [6, 6.07) is 0. The summed E-state index contributed by atoms with van der Waals surface area (Å²) < 4.78 is 0. The molecule has 1 saturated carbocycles. The summed E-state index contributed by atoms with van der Waals surface area (Å²) >= 11 is 3.70. The molecule has 0 spiro atoms. The first-order valence-electron chi connectivity index (χ1n) is 5.16. The number of nitrogens with zero attached hydrogens (tertiary/aromatic N) is 1. The molecule has 78 valence electrons. The Bertz CT molecular complexity index is 279. The molecule has 2 rings (SSSR count). The van der Waals surface area contributed by atoms with Crippen LogP contribution in [0.4, 0.5) is 5.13 Å². The summed E-state index contributed by atoms with van der Waals surface area (Å²) in [6.07, 6.45) is 8.99. The third-order valence-corrected chi connectivity index (χ3v) is 5.01. The van der Waals surface area contributed by atoms with Gasteiger partial charge < -0.3 is 5.73 Å². The van der Waals surface area contributed by atoms with Crippen LogP contribution in [0.5, 0.6) is 0 Å². The fourth-order valence-electron chi connectivity index (χ4n) is 1.82. The lowest BCUT2D eigenvalue weighted by Crippen LogP contribution is -2.07. The van der Waals surface area contributed by atoms with Crippen molar-refractivity contribution in [1.82, 2.24) is 4.98 Å². The number of thiazole rings is 1. The van der Waals surface area contributed by atoms with E-state index >= 15 is 0 Å². The molecule has 1 aromatic rings. The second-order valence-electron chi connectivity index (χ2n) is 3.74. The number of aromatic nitrogens is 1. The summed E-state index contributed by atoms with van der Waals surface area (Å²) in [5, 5.41) is 1.58. The minimum absolute atomic E-state index is 0.698. The van der Waals surface area contributed by atoms with E-state index in [4.69, 9.17) is 5.73 Å². The number of hydrogen-bond acceptors (Lipinski definition) is 4. The lowest BCUT2D eigenvalue weighted by molar-refractivity contribution is 0.516. The molecule has 0 bridgehead atoms. The maximum absolute atomic E-state index is 5.59. The Morgan fingerprint density at radius 3 is 2.86 bits per heavy atom. The molecule has 1 fully saturated rings. The summed E-state index contributed by atoms with van der Waals surface area (Å²) in [5.74, 6) is 1.10. The monoisotopic (exact) mass is 228 g/mol. The normalized spacial score (nSPS) is 18.6. The molecule has 0 amide bonds. The Morgan fingerprint density at radius 1 is 1.43 bits per heavy atom. The Morgan fingerprint density at radius 2 is 2.21 bits per heavy atom. The summed E-state index contributed by atoms with van der Waals surface area (Å²) in [6.45, 7) is 0. The Hall–Kier alpha value is -0.220. The Kier molecular flexibility index (Phi) is 3.70. The number of rotatable bonds is 3. The van der Waals surface area contributed by atoms with E-state index in [0.29, 0.717) is 5.13 Å². The van der Waals surface area contributed by atoms with Crippen LogP contribution in [0, 0.1) is 0 Å². The van der Waals surface area contributed by atoms with Crippen LogP contribution in [0.15, 0.2) is 6.20 Å². The van der Waals surface area contributed by atoms with Crippen molar-refractivity contribution in [1.29, 1.82) is 0 Å². The van der Waals surface area contributed by atoms with Gasteiger partial charge >= 0.3 is 0 Å². The molecule has 1 aromatic heterocycles. The average molecular weight is 228 g/mol. The molecule has 0 unspecified atom stereocenters. The second kappa shape index (κ2) is 5.03. The lowest BCUT2D eigenvalue weighted by Gasteiger charge is -2.20. The van der Waals surface area contributed by atoms with Gasteiger partial charge in [-0.05, 0) is 12.8 Å². The zero-order valence-corrected chi connectivity index (χ0v) is 9.87. The van der Waals surface area contributed by atoms with Crippen molar-refractivity contribution >= 4 is 28.2 Å². The molecule has 2 nitrogen and oxygen atoms in total.